The first-order valence-electron chi connectivity index (χ1n) is 8.42. The van der Waals surface area contributed by atoms with Gasteiger partial charge >= 0.3 is 0 Å². The van der Waals surface area contributed by atoms with Crippen molar-refractivity contribution in [1.29, 1.82) is 0 Å². The number of aromatic nitrogens is 1. The molecule has 1 aliphatic heterocycles. The fraction of sp³-hybridized carbons (Fsp3) is 0.474. The predicted octanol–water partition coefficient (Wildman–Crippen LogP) is 3.43. The van der Waals surface area contributed by atoms with Crippen molar-refractivity contribution in [3.05, 3.63) is 42.1 Å². The Bertz CT molecular complexity index is 687. The molecule has 1 saturated carbocycles. The molecule has 1 aromatic heterocycles. The Kier molecular flexibility index (Phi) is 3.57. The monoisotopic (exact) mass is 294 g/mol. The molecule has 0 N–H and O–H groups in total. The van der Waals surface area contributed by atoms with Crippen molar-refractivity contribution in [3.63, 3.8) is 0 Å². The first kappa shape index (κ1) is 13.7. The fourth-order valence-electron chi connectivity index (χ4n) is 3.76. The zero-order chi connectivity index (χ0) is 14.9. The molecule has 1 amide bonds. The second kappa shape index (κ2) is 5.71. The van der Waals surface area contributed by atoms with Gasteiger partial charge in [0.1, 0.15) is 0 Å². The zero-order valence-electron chi connectivity index (χ0n) is 12.9. The summed E-state index contributed by atoms with van der Waals surface area (Å²) in [5.41, 5.74) is 2.44. The van der Waals surface area contributed by atoms with Crippen molar-refractivity contribution >= 4 is 16.8 Å². The van der Waals surface area contributed by atoms with Crippen LogP contribution in [0, 0.1) is 11.8 Å². The lowest BCUT2D eigenvalue weighted by Crippen LogP contribution is -2.37. The van der Waals surface area contributed by atoms with Gasteiger partial charge in [-0.2, -0.15) is 0 Å². The number of fused-ring (bicyclic) bond motifs is 1. The molecule has 0 spiro atoms. The molecule has 3 heteroatoms. The van der Waals surface area contributed by atoms with Gasteiger partial charge in [-0.3, -0.25) is 9.78 Å². The molecule has 2 heterocycles. The number of carbonyl (C=O) groups excluding carboxylic acids is 1. The summed E-state index contributed by atoms with van der Waals surface area (Å²) in [7, 11) is 0. The summed E-state index contributed by atoms with van der Waals surface area (Å²) >= 11 is 0. The number of likely N-dealkylation sites (tertiary alicyclic amines) is 1. The van der Waals surface area contributed by atoms with E-state index in [-0.39, 0.29) is 0 Å². The van der Waals surface area contributed by atoms with E-state index < -0.39 is 0 Å². The fourth-order valence-corrected chi connectivity index (χ4v) is 3.76. The van der Waals surface area contributed by atoms with Gasteiger partial charge in [0.05, 0.1) is 5.52 Å². The van der Waals surface area contributed by atoms with Gasteiger partial charge in [0.15, 0.2) is 0 Å². The first-order valence-corrected chi connectivity index (χ1v) is 8.42. The van der Waals surface area contributed by atoms with E-state index in [1.165, 1.54) is 17.4 Å². The van der Waals surface area contributed by atoms with Crippen LogP contribution in [0.3, 0.4) is 0 Å². The van der Waals surface area contributed by atoms with Gasteiger partial charge in [-0.25, -0.2) is 0 Å². The predicted molar refractivity (Wildman–Crippen MR) is 87.5 cm³/mol. The molecule has 1 atom stereocenters. The van der Waals surface area contributed by atoms with Crippen LogP contribution in [0.25, 0.3) is 10.9 Å². The van der Waals surface area contributed by atoms with E-state index in [9.17, 15) is 4.79 Å². The second-order valence-electron chi connectivity index (χ2n) is 6.76. The number of rotatable bonds is 3. The number of hydrogen-bond acceptors (Lipinski definition) is 2. The van der Waals surface area contributed by atoms with Crippen LogP contribution >= 0.6 is 0 Å². The maximum absolute atomic E-state index is 12.4. The van der Waals surface area contributed by atoms with Crippen LogP contribution in [-0.4, -0.2) is 28.9 Å². The molecule has 2 aliphatic rings. The second-order valence-corrected chi connectivity index (χ2v) is 6.76. The molecule has 22 heavy (non-hydrogen) atoms. The van der Waals surface area contributed by atoms with E-state index in [2.05, 4.69) is 34.1 Å². The first-order chi connectivity index (χ1) is 10.8. The summed E-state index contributed by atoms with van der Waals surface area (Å²) in [5, 5.41) is 1.26. The van der Waals surface area contributed by atoms with Crippen LogP contribution in [0.1, 0.15) is 31.2 Å². The smallest absolute Gasteiger partial charge is 0.225 e. The lowest BCUT2D eigenvalue weighted by Gasteiger charge is -2.29. The van der Waals surface area contributed by atoms with Crippen LogP contribution in [0.5, 0.6) is 0 Å². The van der Waals surface area contributed by atoms with Gasteiger partial charge < -0.3 is 4.90 Å². The van der Waals surface area contributed by atoms with Gasteiger partial charge in [0.25, 0.3) is 0 Å². The Balaban J connectivity index is 1.46. The van der Waals surface area contributed by atoms with E-state index in [1.807, 2.05) is 12.3 Å². The standard InChI is InChI=1S/C19H22N2O/c22-19(15-4-3-5-15)21-11-9-14(13-21)12-16-8-10-20-18-7-2-1-6-17(16)18/h1-2,6-8,10,14-15H,3-5,9,11-13H2. The summed E-state index contributed by atoms with van der Waals surface area (Å²) in [4.78, 5) is 18.9. The highest BCUT2D eigenvalue weighted by Gasteiger charge is 2.33. The molecule has 0 bridgehead atoms. The third-order valence-electron chi connectivity index (χ3n) is 5.30. The van der Waals surface area contributed by atoms with Crippen LogP contribution in [0.4, 0.5) is 0 Å². The molecule has 1 unspecified atom stereocenters. The largest absolute Gasteiger partial charge is 0.342 e. The number of carbonyl (C=O) groups is 1. The summed E-state index contributed by atoms with van der Waals surface area (Å²) < 4.78 is 0. The van der Waals surface area contributed by atoms with E-state index in [1.54, 1.807) is 0 Å². The third-order valence-corrected chi connectivity index (χ3v) is 5.30. The van der Waals surface area contributed by atoms with Gasteiger partial charge in [0.2, 0.25) is 5.91 Å². The maximum Gasteiger partial charge on any atom is 0.225 e. The zero-order valence-corrected chi connectivity index (χ0v) is 12.9. The summed E-state index contributed by atoms with van der Waals surface area (Å²) in [5.74, 6) is 1.34. The van der Waals surface area contributed by atoms with Crippen molar-refractivity contribution < 1.29 is 4.79 Å². The minimum Gasteiger partial charge on any atom is -0.342 e. The van der Waals surface area contributed by atoms with Crippen molar-refractivity contribution in [2.24, 2.45) is 11.8 Å². The molecule has 2 aromatic rings. The Morgan fingerprint density at radius 3 is 2.86 bits per heavy atom. The Hall–Kier alpha value is -1.90. The van der Waals surface area contributed by atoms with E-state index in [4.69, 9.17) is 0 Å². The Morgan fingerprint density at radius 2 is 2.05 bits per heavy atom. The average Bonchev–Trinajstić information content (AvgIpc) is 2.94. The van der Waals surface area contributed by atoms with Crippen molar-refractivity contribution in [1.82, 2.24) is 9.88 Å². The lowest BCUT2D eigenvalue weighted by atomic mass is 9.84. The third kappa shape index (κ3) is 2.49. The number of pyridine rings is 1. The topological polar surface area (TPSA) is 33.2 Å². The number of nitrogens with zero attached hydrogens (tertiary/aromatic N) is 2. The summed E-state index contributed by atoms with van der Waals surface area (Å²) in [6.07, 6.45) is 7.54. The maximum atomic E-state index is 12.4. The SMILES string of the molecule is O=C(C1CCC1)N1CCC(Cc2ccnc3ccccc23)C1. The van der Waals surface area contributed by atoms with Gasteiger partial charge in [0, 0.05) is 30.6 Å². The van der Waals surface area contributed by atoms with Crippen molar-refractivity contribution in [2.75, 3.05) is 13.1 Å². The molecule has 3 nitrogen and oxygen atoms in total. The quantitative estimate of drug-likeness (QED) is 0.869. The molecule has 2 fully saturated rings. The number of para-hydroxylation sites is 1. The normalized spacial score (nSPS) is 22.0. The number of hydrogen-bond donors (Lipinski definition) is 0. The van der Waals surface area contributed by atoms with Crippen molar-refractivity contribution in [2.45, 2.75) is 32.1 Å². The highest BCUT2D eigenvalue weighted by Crippen LogP contribution is 2.31. The molecule has 1 aromatic carbocycles. The van der Waals surface area contributed by atoms with Crippen LogP contribution in [-0.2, 0) is 11.2 Å². The van der Waals surface area contributed by atoms with Crippen LogP contribution < -0.4 is 0 Å². The minimum absolute atomic E-state index is 0.334. The van der Waals surface area contributed by atoms with E-state index >= 15 is 0 Å². The molecule has 1 aliphatic carbocycles. The number of benzene rings is 1. The Morgan fingerprint density at radius 1 is 1.18 bits per heavy atom. The molecule has 4 rings (SSSR count). The van der Waals surface area contributed by atoms with Gasteiger partial charge in [-0.15, -0.1) is 0 Å². The van der Waals surface area contributed by atoms with Gasteiger partial charge in [-0.1, -0.05) is 24.6 Å². The highest BCUT2D eigenvalue weighted by atomic mass is 16.2. The van der Waals surface area contributed by atoms with E-state index in [0.29, 0.717) is 17.7 Å². The molecular weight excluding hydrogens is 272 g/mol. The average molecular weight is 294 g/mol. The molecule has 114 valence electrons. The summed E-state index contributed by atoms with van der Waals surface area (Å²) in [6, 6.07) is 10.5. The van der Waals surface area contributed by atoms with E-state index in [0.717, 1.165) is 44.3 Å². The molecular formula is C19H22N2O. The van der Waals surface area contributed by atoms with Crippen molar-refractivity contribution in [3.8, 4) is 0 Å². The summed E-state index contributed by atoms with van der Waals surface area (Å²) in [6.45, 7) is 1.88. The minimum atomic E-state index is 0.334. The lowest BCUT2D eigenvalue weighted by molar-refractivity contribution is -0.137. The molecule has 0 radical (unpaired) electrons. The van der Waals surface area contributed by atoms with Crippen LogP contribution in [0.2, 0.25) is 0 Å². The number of amides is 1. The van der Waals surface area contributed by atoms with Crippen LogP contribution in [0.15, 0.2) is 36.5 Å². The molecule has 1 saturated heterocycles. The van der Waals surface area contributed by atoms with Gasteiger partial charge in [-0.05, 0) is 49.3 Å². The Labute approximate surface area is 131 Å². The highest BCUT2D eigenvalue weighted by molar-refractivity contribution is 5.82.